The minimum atomic E-state index is 0.694. The molecule has 2 nitrogen and oxygen atoms in total. The van der Waals surface area contributed by atoms with E-state index in [9.17, 15) is 0 Å². The van der Waals surface area contributed by atoms with E-state index in [1.807, 2.05) is 0 Å². The SMILES string of the molecule is CC1C=CC2CN(C)CCN2C1. The van der Waals surface area contributed by atoms with Crippen LogP contribution in [0.2, 0.25) is 0 Å². The van der Waals surface area contributed by atoms with Crippen LogP contribution in [0.1, 0.15) is 6.92 Å². The Labute approximate surface area is 74.8 Å². The molecule has 2 aliphatic rings. The van der Waals surface area contributed by atoms with Gasteiger partial charge in [0.15, 0.2) is 0 Å². The molecule has 2 heterocycles. The molecule has 0 aromatic carbocycles. The van der Waals surface area contributed by atoms with E-state index in [0.29, 0.717) is 6.04 Å². The van der Waals surface area contributed by atoms with Gasteiger partial charge in [-0.05, 0) is 13.0 Å². The van der Waals surface area contributed by atoms with Crippen LogP contribution in [0.25, 0.3) is 0 Å². The lowest BCUT2D eigenvalue weighted by Crippen LogP contribution is -2.53. The summed E-state index contributed by atoms with van der Waals surface area (Å²) in [5.74, 6) is 0.754. The summed E-state index contributed by atoms with van der Waals surface area (Å²) in [5.41, 5.74) is 0. The number of fused-ring (bicyclic) bond motifs is 1. The highest BCUT2D eigenvalue weighted by Gasteiger charge is 2.26. The first kappa shape index (κ1) is 8.27. The average Bonchev–Trinajstić information content (AvgIpc) is 2.05. The summed E-state index contributed by atoms with van der Waals surface area (Å²) in [5, 5.41) is 0. The van der Waals surface area contributed by atoms with E-state index < -0.39 is 0 Å². The average molecular weight is 166 g/mol. The molecule has 0 amide bonds. The van der Waals surface area contributed by atoms with Crippen LogP contribution in [0, 0.1) is 5.92 Å². The minimum Gasteiger partial charge on any atom is -0.303 e. The Bertz CT molecular complexity index is 188. The van der Waals surface area contributed by atoms with Gasteiger partial charge in [0.2, 0.25) is 0 Å². The predicted molar refractivity (Wildman–Crippen MR) is 51.2 cm³/mol. The zero-order chi connectivity index (χ0) is 8.55. The molecular weight excluding hydrogens is 148 g/mol. The number of hydrogen-bond acceptors (Lipinski definition) is 2. The topological polar surface area (TPSA) is 6.48 Å². The van der Waals surface area contributed by atoms with Crippen molar-refractivity contribution in [3.63, 3.8) is 0 Å². The molecule has 0 N–H and O–H groups in total. The molecule has 0 radical (unpaired) electrons. The molecule has 2 rings (SSSR count). The van der Waals surface area contributed by atoms with Gasteiger partial charge in [0, 0.05) is 32.2 Å². The van der Waals surface area contributed by atoms with Crippen LogP contribution in [-0.4, -0.2) is 49.1 Å². The van der Waals surface area contributed by atoms with E-state index in [0.717, 1.165) is 5.92 Å². The largest absolute Gasteiger partial charge is 0.303 e. The second-order valence-electron chi connectivity index (χ2n) is 4.19. The Morgan fingerprint density at radius 3 is 2.83 bits per heavy atom. The first-order valence-corrected chi connectivity index (χ1v) is 4.86. The highest BCUT2D eigenvalue weighted by molar-refractivity contribution is 5.05. The second-order valence-corrected chi connectivity index (χ2v) is 4.19. The highest BCUT2D eigenvalue weighted by Crippen LogP contribution is 2.17. The monoisotopic (exact) mass is 166 g/mol. The zero-order valence-electron chi connectivity index (χ0n) is 8.03. The van der Waals surface area contributed by atoms with Gasteiger partial charge in [0.05, 0.1) is 0 Å². The molecule has 0 aromatic rings. The molecule has 0 saturated carbocycles. The summed E-state index contributed by atoms with van der Waals surface area (Å²) in [6.45, 7) is 7.25. The predicted octanol–water partition coefficient (Wildman–Crippen LogP) is 0.808. The van der Waals surface area contributed by atoms with Crippen LogP contribution in [0.4, 0.5) is 0 Å². The maximum absolute atomic E-state index is 2.60. The molecule has 2 heteroatoms. The first-order chi connectivity index (χ1) is 5.75. The van der Waals surface area contributed by atoms with Crippen LogP contribution in [-0.2, 0) is 0 Å². The zero-order valence-corrected chi connectivity index (χ0v) is 8.03. The second kappa shape index (κ2) is 3.19. The van der Waals surface area contributed by atoms with Crippen molar-refractivity contribution < 1.29 is 0 Å². The van der Waals surface area contributed by atoms with E-state index in [2.05, 4.69) is 35.9 Å². The quantitative estimate of drug-likeness (QED) is 0.491. The molecular formula is C10H18N2. The fourth-order valence-electron chi connectivity index (χ4n) is 2.15. The van der Waals surface area contributed by atoms with E-state index in [-0.39, 0.29) is 0 Å². The van der Waals surface area contributed by atoms with Crippen molar-refractivity contribution in [3.05, 3.63) is 12.2 Å². The Kier molecular flexibility index (Phi) is 2.20. The summed E-state index contributed by atoms with van der Waals surface area (Å²) in [6.07, 6.45) is 4.74. The van der Waals surface area contributed by atoms with Gasteiger partial charge >= 0.3 is 0 Å². The third kappa shape index (κ3) is 1.54. The van der Waals surface area contributed by atoms with E-state index in [1.54, 1.807) is 0 Å². The Hall–Kier alpha value is -0.340. The summed E-state index contributed by atoms with van der Waals surface area (Å²) in [4.78, 5) is 5.02. The van der Waals surface area contributed by atoms with Crippen molar-refractivity contribution in [2.24, 2.45) is 5.92 Å². The van der Waals surface area contributed by atoms with Crippen molar-refractivity contribution in [1.29, 1.82) is 0 Å². The summed E-state index contributed by atoms with van der Waals surface area (Å²) < 4.78 is 0. The number of nitrogens with zero attached hydrogens (tertiary/aromatic N) is 2. The van der Waals surface area contributed by atoms with Gasteiger partial charge in [-0.1, -0.05) is 19.1 Å². The third-order valence-corrected chi connectivity index (χ3v) is 2.92. The lowest BCUT2D eigenvalue weighted by molar-refractivity contribution is 0.0996. The Morgan fingerprint density at radius 2 is 2.00 bits per heavy atom. The molecule has 12 heavy (non-hydrogen) atoms. The first-order valence-electron chi connectivity index (χ1n) is 4.86. The van der Waals surface area contributed by atoms with Crippen molar-refractivity contribution in [2.75, 3.05) is 33.2 Å². The molecule has 0 aromatic heterocycles. The maximum atomic E-state index is 2.60. The van der Waals surface area contributed by atoms with Gasteiger partial charge < -0.3 is 4.90 Å². The molecule has 1 fully saturated rings. The van der Waals surface area contributed by atoms with Crippen molar-refractivity contribution in [3.8, 4) is 0 Å². The number of piperazine rings is 1. The molecule has 0 bridgehead atoms. The van der Waals surface area contributed by atoms with Gasteiger partial charge in [-0.3, -0.25) is 4.90 Å². The Morgan fingerprint density at radius 1 is 1.17 bits per heavy atom. The lowest BCUT2D eigenvalue weighted by Gasteiger charge is -2.41. The third-order valence-electron chi connectivity index (χ3n) is 2.92. The van der Waals surface area contributed by atoms with Gasteiger partial charge in [-0.15, -0.1) is 0 Å². The number of hydrogen-bond donors (Lipinski definition) is 0. The summed E-state index contributed by atoms with van der Waals surface area (Å²) in [6, 6.07) is 0.694. The van der Waals surface area contributed by atoms with Crippen molar-refractivity contribution >= 4 is 0 Å². The summed E-state index contributed by atoms with van der Waals surface area (Å²) >= 11 is 0. The van der Waals surface area contributed by atoms with Gasteiger partial charge in [0.1, 0.15) is 0 Å². The van der Waals surface area contributed by atoms with Crippen LogP contribution in [0.5, 0.6) is 0 Å². The number of likely N-dealkylation sites (N-methyl/N-ethyl adjacent to an activating group) is 1. The minimum absolute atomic E-state index is 0.694. The van der Waals surface area contributed by atoms with Crippen molar-refractivity contribution in [1.82, 2.24) is 9.80 Å². The molecule has 68 valence electrons. The molecule has 2 atom stereocenters. The van der Waals surface area contributed by atoms with Crippen LogP contribution >= 0.6 is 0 Å². The molecule has 0 aliphatic carbocycles. The summed E-state index contributed by atoms with van der Waals surface area (Å²) in [7, 11) is 2.21. The van der Waals surface area contributed by atoms with Gasteiger partial charge in [0.25, 0.3) is 0 Å². The smallest absolute Gasteiger partial charge is 0.0406 e. The van der Waals surface area contributed by atoms with Crippen molar-refractivity contribution in [2.45, 2.75) is 13.0 Å². The van der Waals surface area contributed by atoms with Crippen LogP contribution in [0.3, 0.4) is 0 Å². The van der Waals surface area contributed by atoms with Crippen LogP contribution < -0.4 is 0 Å². The van der Waals surface area contributed by atoms with Gasteiger partial charge in [-0.25, -0.2) is 0 Å². The molecule has 2 aliphatic heterocycles. The standard InChI is InChI=1S/C10H18N2/c1-9-3-4-10-8-11(2)5-6-12(10)7-9/h3-4,9-10H,5-8H2,1-2H3. The van der Waals surface area contributed by atoms with Gasteiger partial charge in [-0.2, -0.15) is 0 Å². The molecule has 1 saturated heterocycles. The van der Waals surface area contributed by atoms with Crippen LogP contribution in [0.15, 0.2) is 12.2 Å². The Balaban J connectivity index is 2.04. The fraction of sp³-hybridized carbons (Fsp3) is 0.800. The normalized spacial score (nSPS) is 38.2. The van der Waals surface area contributed by atoms with E-state index in [4.69, 9.17) is 0 Å². The molecule has 2 unspecified atom stereocenters. The number of rotatable bonds is 0. The maximum Gasteiger partial charge on any atom is 0.0406 e. The molecule has 0 spiro atoms. The highest BCUT2D eigenvalue weighted by atomic mass is 15.3. The van der Waals surface area contributed by atoms with E-state index >= 15 is 0 Å². The fourth-order valence-corrected chi connectivity index (χ4v) is 2.15. The lowest BCUT2D eigenvalue weighted by atomic mass is 10.0. The van der Waals surface area contributed by atoms with E-state index in [1.165, 1.54) is 26.2 Å².